The second kappa shape index (κ2) is 2.51. The Morgan fingerprint density at radius 1 is 1.80 bits per heavy atom. The van der Waals surface area contributed by atoms with Gasteiger partial charge in [0.25, 0.3) is 0 Å². The minimum Gasteiger partial charge on any atom is -0.327 e. The van der Waals surface area contributed by atoms with Crippen LogP contribution in [0.2, 0.25) is 0 Å². The Labute approximate surface area is 59.4 Å². The Balaban J connectivity index is 3.12. The molecule has 2 N–H and O–H groups in total. The average Bonchev–Trinajstić information content (AvgIpc) is 2.30. The van der Waals surface area contributed by atoms with E-state index in [4.69, 9.17) is 5.41 Å². The van der Waals surface area contributed by atoms with Crippen LogP contribution in [0.4, 0.5) is 0 Å². The summed E-state index contributed by atoms with van der Waals surface area (Å²) in [4.78, 5) is 4.01. The molecule has 0 atom stereocenters. The van der Waals surface area contributed by atoms with Crippen molar-refractivity contribution < 1.29 is 0 Å². The number of hydrogen-bond acceptors (Lipinski definition) is 3. The van der Waals surface area contributed by atoms with Gasteiger partial charge in [-0.25, -0.2) is 9.66 Å². The van der Waals surface area contributed by atoms with Crippen molar-refractivity contribution in [1.82, 2.24) is 9.66 Å². The van der Waals surface area contributed by atoms with Crippen LogP contribution in [-0.4, -0.2) is 22.9 Å². The van der Waals surface area contributed by atoms with Gasteiger partial charge in [-0.05, 0) is 6.92 Å². The topological polar surface area (TPSA) is 53.7 Å². The third-order valence-corrected chi connectivity index (χ3v) is 1.34. The van der Waals surface area contributed by atoms with E-state index in [0.717, 1.165) is 11.5 Å². The lowest BCUT2D eigenvalue weighted by molar-refractivity contribution is 0.863. The molecule has 0 saturated carbocycles. The molecule has 0 aliphatic carbocycles. The summed E-state index contributed by atoms with van der Waals surface area (Å²) < 4.78 is 1.74. The standard InChI is InChI=1S/C6H10N4/c1-5-9-4-6(3-7)10(5)8-2/h3-4,7-8H,1-2H3. The lowest BCUT2D eigenvalue weighted by Gasteiger charge is -2.03. The highest BCUT2D eigenvalue weighted by atomic mass is 15.4. The fraction of sp³-hybridized carbons (Fsp3) is 0.333. The van der Waals surface area contributed by atoms with E-state index in [1.54, 1.807) is 17.9 Å². The highest BCUT2D eigenvalue weighted by Gasteiger charge is 1.99. The Kier molecular flexibility index (Phi) is 1.71. The Hall–Kier alpha value is -1.32. The molecule has 1 aromatic rings. The minimum atomic E-state index is 0.764. The number of nitrogens with zero attached hydrogens (tertiary/aromatic N) is 2. The number of imidazole rings is 1. The van der Waals surface area contributed by atoms with Crippen molar-refractivity contribution in [3.05, 3.63) is 17.7 Å². The molecule has 1 heterocycles. The molecule has 54 valence electrons. The monoisotopic (exact) mass is 138 g/mol. The second-order valence-electron chi connectivity index (χ2n) is 1.93. The van der Waals surface area contributed by atoms with Crippen LogP contribution < -0.4 is 5.43 Å². The maximum Gasteiger partial charge on any atom is 0.124 e. The van der Waals surface area contributed by atoms with Gasteiger partial charge in [0.2, 0.25) is 0 Å². The van der Waals surface area contributed by atoms with Crippen molar-refractivity contribution in [3.63, 3.8) is 0 Å². The van der Waals surface area contributed by atoms with Crippen LogP contribution in [0.5, 0.6) is 0 Å². The van der Waals surface area contributed by atoms with Gasteiger partial charge in [-0.2, -0.15) is 0 Å². The molecule has 0 saturated heterocycles. The van der Waals surface area contributed by atoms with Crippen molar-refractivity contribution in [2.75, 3.05) is 12.5 Å². The minimum absolute atomic E-state index is 0.764. The highest BCUT2D eigenvalue weighted by molar-refractivity contribution is 5.74. The third kappa shape index (κ3) is 0.877. The van der Waals surface area contributed by atoms with E-state index < -0.39 is 0 Å². The summed E-state index contributed by atoms with van der Waals surface area (Å²) in [5.74, 6) is 0.862. The van der Waals surface area contributed by atoms with Crippen molar-refractivity contribution in [2.24, 2.45) is 0 Å². The molecule has 0 radical (unpaired) electrons. The summed E-state index contributed by atoms with van der Waals surface area (Å²) in [6, 6.07) is 0. The van der Waals surface area contributed by atoms with Gasteiger partial charge in [-0.15, -0.1) is 0 Å². The third-order valence-electron chi connectivity index (χ3n) is 1.34. The SMILES string of the molecule is CNn1c(C=N)cnc1C. The van der Waals surface area contributed by atoms with Gasteiger partial charge in [-0.3, -0.25) is 0 Å². The van der Waals surface area contributed by atoms with E-state index in [1.165, 1.54) is 6.21 Å². The molecule has 0 fully saturated rings. The van der Waals surface area contributed by atoms with Crippen molar-refractivity contribution in [2.45, 2.75) is 6.92 Å². The number of hydrogen-bond donors (Lipinski definition) is 2. The van der Waals surface area contributed by atoms with E-state index >= 15 is 0 Å². The van der Waals surface area contributed by atoms with Crippen molar-refractivity contribution in [1.29, 1.82) is 5.41 Å². The van der Waals surface area contributed by atoms with Crippen LogP contribution in [0.25, 0.3) is 0 Å². The van der Waals surface area contributed by atoms with Gasteiger partial charge >= 0.3 is 0 Å². The first kappa shape index (κ1) is 6.80. The zero-order valence-electron chi connectivity index (χ0n) is 6.05. The first-order chi connectivity index (χ1) is 4.79. The predicted octanol–water partition coefficient (Wildman–Crippen LogP) is 0.362. The molecule has 0 aromatic carbocycles. The van der Waals surface area contributed by atoms with E-state index in [1.807, 2.05) is 6.92 Å². The normalized spacial score (nSPS) is 9.40. The zero-order chi connectivity index (χ0) is 7.56. The molecule has 10 heavy (non-hydrogen) atoms. The second-order valence-corrected chi connectivity index (χ2v) is 1.93. The summed E-state index contributed by atoms with van der Waals surface area (Å²) in [7, 11) is 1.79. The summed E-state index contributed by atoms with van der Waals surface area (Å²) in [5.41, 5.74) is 3.66. The summed E-state index contributed by atoms with van der Waals surface area (Å²) in [6.07, 6.45) is 2.91. The Bertz CT molecular complexity index is 238. The van der Waals surface area contributed by atoms with Gasteiger partial charge in [-0.1, -0.05) is 0 Å². The number of aromatic nitrogens is 2. The molecule has 0 bridgehead atoms. The van der Waals surface area contributed by atoms with Crippen LogP contribution in [0, 0.1) is 12.3 Å². The lowest BCUT2D eigenvalue weighted by atomic mass is 10.5. The molecule has 4 nitrogen and oxygen atoms in total. The zero-order valence-corrected chi connectivity index (χ0v) is 6.05. The van der Waals surface area contributed by atoms with E-state index in [0.29, 0.717) is 0 Å². The summed E-state index contributed by atoms with van der Waals surface area (Å²) in [6.45, 7) is 1.88. The molecule has 1 aromatic heterocycles. The Morgan fingerprint density at radius 3 is 2.90 bits per heavy atom. The molecule has 0 unspecified atom stereocenters. The van der Waals surface area contributed by atoms with Crippen LogP contribution in [0.1, 0.15) is 11.5 Å². The largest absolute Gasteiger partial charge is 0.327 e. The van der Waals surface area contributed by atoms with Crippen LogP contribution in [0.15, 0.2) is 6.20 Å². The van der Waals surface area contributed by atoms with Crippen LogP contribution in [0.3, 0.4) is 0 Å². The first-order valence-electron chi connectivity index (χ1n) is 3.02. The number of rotatable bonds is 2. The van der Waals surface area contributed by atoms with E-state index in [-0.39, 0.29) is 0 Å². The van der Waals surface area contributed by atoms with Gasteiger partial charge in [0.1, 0.15) is 5.82 Å². The van der Waals surface area contributed by atoms with Gasteiger partial charge < -0.3 is 10.8 Å². The van der Waals surface area contributed by atoms with Gasteiger partial charge in [0.15, 0.2) is 0 Å². The van der Waals surface area contributed by atoms with Gasteiger partial charge in [0.05, 0.1) is 11.9 Å². The van der Waals surface area contributed by atoms with Crippen molar-refractivity contribution in [3.8, 4) is 0 Å². The molecule has 0 aliphatic heterocycles. The maximum atomic E-state index is 6.98. The smallest absolute Gasteiger partial charge is 0.124 e. The number of aryl methyl sites for hydroxylation is 1. The quantitative estimate of drug-likeness (QED) is 0.580. The summed E-state index contributed by atoms with van der Waals surface area (Å²) in [5, 5.41) is 6.98. The fourth-order valence-corrected chi connectivity index (χ4v) is 0.855. The van der Waals surface area contributed by atoms with Crippen LogP contribution in [-0.2, 0) is 0 Å². The molecular weight excluding hydrogens is 128 g/mol. The average molecular weight is 138 g/mol. The molecule has 0 spiro atoms. The summed E-state index contributed by atoms with van der Waals surface area (Å²) >= 11 is 0. The maximum absolute atomic E-state index is 6.98. The number of nitrogens with one attached hydrogen (secondary N) is 2. The predicted molar refractivity (Wildman–Crippen MR) is 40.1 cm³/mol. The van der Waals surface area contributed by atoms with E-state index in [2.05, 4.69) is 10.4 Å². The van der Waals surface area contributed by atoms with E-state index in [9.17, 15) is 0 Å². The highest BCUT2D eigenvalue weighted by Crippen LogP contribution is 1.96. The molecule has 1 rings (SSSR count). The fourth-order valence-electron chi connectivity index (χ4n) is 0.855. The Morgan fingerprint density at radius 2 is 2.50 bits per heavy atom. The van der Waals surface area contributed by atoms with Gasteiger partial charge in [0, 0.05) is 13.3 Å². The van der Waals surface area contributed by atoms with Crippen molar-refractivity contribution >= 4 is 6.21 Å². The molecular formula is C6H10N4. The lowest BCUT2D eigenvalue weighted by Crippen LogP contribution is -2.13. The first-order valence-corrected chi connectivity index (χ1v) is 3.02. The molecule has 4 heteroatoms. The van der Waals surface area contributed by atoms with Crippen LogP contribution >= 0.6 is 0 Å². The molecule has 0 amide bonds. The molecule has 0 aliphatic rings.